The van der Waals surface area contributed by atoms with E-state index in [4.69, 9.17) is 0 Å². The quantitative estimate of drug-likeness (QED) is 0.165. The Morgan fingerprint density at radius 2 is 1.44 bits per heavy atom. The summed E-state index contributed by atoms with van der Waals surface area (Å²) in [5.41, 5.74) is 3.66. The Morgan fingerprint density at radius 1 is 0.844 bits per heavy atom. The molecule has 1 heterocycles. The maximum absolute atomic E-state index is 13.7. The van der Waals surface area contributed by atoms with Gasteiger partial charge in [-0.15, -0.1) is 0 Å². The van der Waals surface area contributed by atoms with E-state index in [1.54, 1.807) is 36.4 Å². The van der Waals surface area contributed by atoms with Gasteiger partial charge >= 0.3 is 6.03 Å². The van der Waals surface area contributed by atoms with Gasteiger partial charge in [-0.3, -0.25) is 9.69 Å². The van der Waals surface area contributed by atoms with Crippen LogP contribution in [-0.2, 0) is 0 Å². The first-order valence-electron chi connectivity index (χ1n) is 16.1. The van der Waals surface area contributed by atoms with Crippen LogP contribution in [0, 0.1) is 17.6 Å². The predicted octanol–water partition coefficient (Wildman–Crippen LogP) is 7.35. The summed E-state index contributed by atoms with van der Waals surface area (Å²) >= 11 is 0. The number of hydrogen-bond acceptors (Lipinski definition) is 4. The predicted molar refractivity (Wildman–Crippen MR) is 178 cm³/mol. The highest BCUT2D eigenvalue weighted by Gasteiger charge is 2.28. The lowest BCUT2D eigenvalue weighted by Gasteiger charge is -2.38. The summed E-state index contributed by atoms with van der Waals surface area (Å²) in [4.78, 5) is 30.3. The Hall–Kier alpha value is -3.98. The van der Waals surface area contributed by atoms with Crippen LogP contribution in [0.5, 0.6) is 0 Å². The summed E-state index contributed by atoms with van der Waals surface area (Å²) in [6.45, 7) is 4.84. The molecule has 1 aliphatic rings. The molecule has 1 saturated heterocycles. The molecule has 3 aromatic carbocycles. The zero-order chi connectivity index (χ0) is 32.2. The molecule has 45 heavy (non-hydrogen) atoms. The van der Waals surface area contributed by atoms with Crippen molar-refractivity contribution >= 4 is 23.3 Å². The van der Waals surface area contributed by atoms with Crippen molar-refractivity contribution in [2.75, 3.05) is 50.5 Å². The summed E-state index contributed by atoms with van der Waals surface area (Å²) in [7, 11) is 3.82. The van der Waals surface area contributed by atoms with Gasteiger partial charge in [0.25, 0.3) is 5.91 Å². The Balaban J connectivity index is 1.35. The van der Waals surface area contributed by atoms with Crippen LogP contribution in [0.1, 0.15) is 79.4 Å². The molecule has 0 bridgehead atoms. The lowest BCUT2D eigenvalue weighted by molar-refractivity contribution is 0.0931. The summed E-state index contributed by atoms with van der Waals surface area (Å²) in [5.74, 6) is -0.541. The number of urea groups is 1. The first-order chi connectivity index (χ1) is 21.7. The van der Waals surface area contributed by atoms with Gasteiger partial charge in [-0.2, -0.15) is 0 Å². The monoisotopic (exact) mass is 619 g/mol. The van der Waals surface area contributed by atoms with Crippen LogP contribution in [0.4, 0.5) is 25.0 Å². The molecule has 0 aromatic heterocycles. The number of likely N-dealkylation sites (tertiary alicyclic amines) is 1. The Kier molecular flexibility index (Phi) is 12.7. The van der Waals surface area contributed by atoms with E-state index in [0.717, 1.165) is 62.0 Å². The lowest BCUT2D eigenvalue weighted by atomic mass is 9.91. The molecule has 242 valence electrons. The smallest absolute Gasteiger partial charge is 0.319 e. The van der Waals surface area contributed by atoms with Gasteiger partial charge in [0.15, 0.2) is 0 Å². The van der Waals surface area contributed by atoms with E-state index in [9.17, 15) is 18.4 Å². The molecule has 0 saturated carbocycles. The number of rotatable bonds is 14. The first kappa shape index (κ1) is 33.9. The minimum absolute atomic E-state index is 0.119. The molecule has 3 amide bonds. The fraction of sp³-hybridized carbons (Fsp3) is 0.444. The first-order valence-corrected chi connectivity index (χ1v) is 16.1. The van der Waals surface area contributed by atoms with E-state index in [1.807, 2.05) is 25.1 Å². The standard InChI is InChI=1S/C36H47F2N5O2/c1-4-5-6-7-8-21-39-36(45)41-33-18-17-31(42(2)3)24-32(33)35(44)40-25-26-19-22-43(23-20-26)34(27-9-13-29(37)14-10-27)28-11-15-30(38)16-12-28/h9-18,24,26,34H,4-8,19-23,25H2,1-3H3,(H,40,44)(H2,39,41,45). The summed E-state index contributed by atoms with van der Waals surface area (Å²) in [6, 6.07) is 18.0. The Morgan fingerprint density at radius 3 is 2.02 bits per heavy atom. The van der Waals surface area contributed by atoms with E-state index in [-0.39, 0.29) is 35.5 Å². The third-order valence-corrected chi connectivity index (χ3v) is 8.52. The van der Waals surface area contributed by atoms with E-state index >= 15 is 0 Å². The van der Waals surface area contributed by atoms with Crippen LogP contribution in [0.2, 0.25) is 0 Å². The van der Waals surface area contributed by atoms with Crippen molar-refractivity contribution in [1.29, 1.82) is 0 Å². The number of hydrogen-bond donors (Lipinski definition) is 3. The van der Waals surface area contributed by atoms with Gasteiger partial charge in [0, 0.05) is 32.9 Å². The minimum atomic E-state index is -0.318. The van der Waals surface area contributed by atoms with Crippen LogP contribution in [0.15, 0.2) is 66.7 Å². The highest BCUT2D eigenvalue weighted by molar-refractivity contribution is 6.04. The number of unbranched alkanes of at least 4 members (excludes halogenated alkanes) is 4. The van der Waals surface area contributed by atoms with Crippen molar-refractivity contribution in [2.24, 2.45) is 5.92 Å². The van der Waals surface area contributed by atoms with Crippen LogP contribution in [0.25, 0.3) is 0 Å². The van der Waals surface area contributed by atoms with Gasteiger partial charge in [0.05, 0.1) is 17.3 Å². The van der Waals surface area contributed by atoms with Gasteiger partial charge in [-0.25, -0.2) is 13.6 Å². The van der Waals surface area contributed by atoms with Crippen molar-refractivity contribution < 1.29 is 18.4 Å². The molecular weight excluding hydrogens is 572 g/mol. The molecule has 3 aromatic rings. The van der Waals surface area contributed by atoms with Crippen LogP contribution in [0.3, 0.4) is 0 Å². The number of anilines is 2. The van der Waals surface area contributed by atoms with Crippen LogP contribution in [-0.4, -0.2) is 57.1 Å². The van der Waals surface area contributed by atoms with Crippen molar-refractivity contribution in [3.05, 3.63) is 95.1 Å². The molecular formula is C36H47F2N5O2. The summed E-state index contributed by atoms with van der Waals surface area (Å²) < 4.78 is 27.4. The van der Waals surface area contributed by atoms with E-state index in [0.29, 0.717) is 24.3 Å². The Bertz CT molecular complexity index is 1330. The number of benzene rings is 3. The SMILES string of the molecule is CCCCCCCNC(=O)Nc1ccc(N(C)C)cc1C(=O)NCC1CCN(C(c2ccc(F)cc2)c2ccc(F)cc2)CC1. The highest BCUT2D eigenvalue weighted by atomic mass is 19.1. The molecule has 4 rings (SSSR count). The number of amides is 3. The number of nitrogens with one attached hydrogen (secondary N) is 3. The molecule has 0 radical (unpaired) electrons. The topological polar surface area (TPSA) is 76.7 Å². The molecule has 1 fully saturated rings. The molecule has 3 N–H and O–H groups in total. The van der Waals surface area contributed by atoms with Crippen molar-refractivity contribution in [3.8, 4) is 0 Å². The van der Waals surface area contributed by atoms with Crippen LogP contribution >= 0.6 is 0 Å². The van der Waals surface area contributed by atoms with Crippen molar-refractivity contribution in [3.63, 3.8) is 0 Å². The van der Waals surface area contributed by atoms with Crippen molar-refractivity contribution in [1.82, 2.24) is 15.5 Å². The fourth-order valence-electron chi connectivity index (χ4n) is 5.86. The highest BCUT2D eigenvalue weighted by Crippen LogP contribution is 2.33. The van der Waals surface area contributed by atoms with E-state index in [1.165, 1.54) is 37.1 Å². The normalized spacial score (nSPS) is 13.9. The maximum atomic E-state index is 13.7. The second kappa shape index (κ2) is 16.9. The number of nitrogens with zero attached hydrogens (tertiary/aromatic N) is 2. The average Bonchev–Trinajstić information content (AvgIpc) is 3.04. The molecule has 1 aliphatic heterocycles. The third-order valence-electron chi connectivity index (χ3n) is 8.52. The second-order valence-electron chi connectivity index (χ2n) is 12.1. The van der Waals surface area contributed by atoms with Gasteiger partial charge < -0.3 is 20.9 Å². The van der Waals surface area contributed by atoms with E-state index < -0.39 is 0 Å². The number of carbonyl (C=O) groups is 2. The molecule has 0 aliphatic carbocycles. The number of halogens is 2. The molecule has 7 nitrogen and oxygen atoms in total. The molecule has 0 unspecified atom stereocenters. The van der Waals surface area contributed by atoms with Crippen molar-refractivity contribution in [2.45, 2.75) is 57.9 Å². The van der Waals surface area contributed by atoms with E-state index in [2.05, 4.69) is 27.8 Å². The zero-order valence-corrected chi connectivity index (χ0v) is 26.8. The Labute approximate surface area is 266 Å². The molecule has 0 spiro atoms. The number of carbonyl (C=O) groups excluding carboxylic acids is 2. The lowest BCUT2D eigenvalue weighted by Crippen LogP contribution is -2.41. The van der Waals surface area contributed by atoms with Gasteiger partial charge in [0.1, 0.15) is 11.6 Å². The maximum Gasteiger partial charge on any atom is 0.319 e. The second-order valence-corrected chi connectivity index (χ2v) is 12.1. The third kappa shape index (κ3) is 10.0. The molecule has 0 atom stereocenters. The number of piperidine rings is 1. The minimum Gasteiger partial charge on any atom is -0.378 e. The summed E-state index contributed by atoms with van der Waals surface area (Å²) in [6.07, 6.45) is 7.28. The average molecular weight is 620 g/mol. The van der Waals surface area contributed by atoms with Gasteiger partial charge in [-0.05, 0) is 91.9 Å². The molecule has 9 heteroatoms. The van der Waals surface area contributed by atoms with Crippen LogP contribution < -0.4 is 20.9 Å². The largest absolute Gasteiger partial charge is 0.378 e. The zero-order valence-electron chi connectivity index (χ0n) is 26.8. The summed E-state index contributed by atoms with van der Waals surface area (Å²) in [5, 5.41) is 8.88. The van der Waals surface area contributed by atoms with Gasteiger partial charge in [0.2, 0.25) is 0 Å². The fourth-order valence-corrected chi connectivity index (χ4v) is 5.86. The van der Waals surface area contributed by atoms with Gasteiger partial charge in [-0.1, -0.05) is 56.9 Å².